The Hall–Kier alpha value is -2.57. The Morgan fingerprint density at radius 1 is 1.31 bits per heavy atom. The minimum Gasteiger partial charge on any atom is -0.494 e. The lowest BCUT2D eigenvalue weighted by Crippen LogP contribution is -2.41. The fourth-order valence-electron chi connectivity index (χ4n) is 3.05. The number of carbonyl (C=O) groups excluding carboxylic acids is 2. The van der Waals surface area contributed by atoms with Crippen molar-refractivity contribution in [2.24, 2.45) is 5.92 Å². The van der Waals surface area contributed by atoms with Crippen LogP contribution in [0.3, 0.4) is 0 Å². The largest absolute Gasteiger partial charge is 0.494 e. The van der Waals surface area contributed by atoms with Crippen molar-refractivity contribution < 1.29 is 24.2 Å². The van der Waals surface area contributed by atoms with Gasteiger partial charge in [-0.25, -0.2) is 4.79 Å². The first-order chi connectivity index (χ1) is 12.5. The number of benzene rings is 1. The molecule has 0 bridgehead atoms. The fourth-order valence-corrected chi connectivity index (χ4v) is 3.05. The van der Waals surface area contributed by atoms with Crippen LogP contribution in [0, 0.1) is 5.92 Å². The number of carboxylic acid groups (broad SMARTS) is 1. The molecule has 140 valence electrons. The Bertz CT molecular complexity index is 699. The van der Waals surface area contributed by atoms with Crippen molar-refractivity contribution in [1.29, 1.82) is 0 Å². The molecule has 7 heteroatoms. The number of aliphatic carboxylic acids is 1. The maximum absolute atomic E-state index is 11.9. The van der Waals surface area contributed by atoms with Gasteiger partial charge in [0, 0.05) is 18.5 Å². The maximum atomic E-state index is 11.9. The number of ether oxygens (including phenoxy) is 1. The molecule has 0 radical (unpaired) electrons. The Kier molecular flexibility index (Phi) is 5.75. The third kappa shape index (κ3) is 5.21. The number of fused-ring (bicyclic) bond motifs is 1. The number of anilines is 1. The quantitative estimate of drug-likeness (QED) is 0.585. The van der Waals surface area contributed by atoms with Crippen molar-refractivity contribution in [2.75, 3.05) is 11.9 Å². The van der Waals surface area contributed by atoms with E-state index in [2.05, 4.69) is 10.6 Å². The summed E-state index contributed by atoms with van der Waals surface area (Å²) >= 11 is 0. The Morgan fingerprint density at radius 2 is 2.12 bits per heavy atom. The molecule has 1 aliphatic carbocycles. The molecule has 26 heavy (non-hydrogen) atoms. The Labute approximate surface area is 152 Å². The van der Waals surface area contributed by atoms with Crippen LogP contribution >= 0.6 is 0 Å². The number of hydrogen-bond donors (Lipinski definition) is 3. The van der Waals surface area contributed by atoms with Crippen LogP contribution in [0.1, 0.15) is 44.1 Å². The Balaban J connectivity index is 1.38. The van der Waals surface area contributed by atoms with E-state index in [0.29, 0.717) is 44.0 Å². The van der Waals surface area contributed by atoms with Crippen molar-refractivity contribution in [1.82, 2.24) is 5.32 Å². The van der Waals surface area contributed by atoms with Crippen LogP contribution in [0.2, 0.25) is 0 Å². The number of carbonyl (C=O) groups is 3. The summed E-state index contributed by atoms with van der Waals surface area (Å²) in [6.45, 7) is 0.374. The average Bonchev–Trinajstić information content (AvgIpc) is 3.42. The molecule has 0 saturated heterocycles. The van der Waals surface area contributed by atoms with E-state index in [4.69, 9.17) is 9.84 Å². The van der Waals surface area contributed by atoms with Crippen molar-refractivity contribution in [2.45, 2.75) is 51.0 Å². The molecule has 2 aliphatic rings. The molecule has 0 spiro atoms. The zero-order valence-corrected chi connectivity index (χ0v) is 14.6. The van der Waals surface area contributed by atoms with Crippen LogP contribution in [-0.2, 0) is 20.8 Å². The molecule has 3 N–H and O–H groups in total. The number of amides is 2. The fraction of sp³-hybridized carbons (Fsp3) is 0.526. The van der Waals surface area contributed by atoms with Crippen LogP contribution in [-0.4, -0.2) is 35.5 Å². The second-order valence-corrected chi connectivity index (χ2v) is 6.96. The van der Waals surface area contributed by atoms with E-state index < -0.39 is 12.0 Å². The molecule has 1 aliphatic heterocycles. The third-order valence-electron chi connectivity index (χ3n) is 4.69. The summed E-state index contributed by atoms with van der Waals surface area (Å²) in [5.74, 6) is -0.0537. The summed E-state index contributed by atoms with van der Waals surface area (Å²) in [6.07, 6.45) is 4.53. The molecule has 7 nitrogen and oxygen atoms in total. The topological polar surface area (TPSA) is 105 Å². The van der Waals surface area contributed by atoms with Gasteiger partial charge in [0.25, 0.3) is 0 Å². The van der Waals surface area contributed by atoms with Gasteiger partial charge >= 0.3 is 5.97 Å². The van der Waals surface area contributed by atoms with Crippen LogP contribution in [0.4, 0.5) is 5.69 Å². The lowest BCUT2D eigenvalue weighted by Gasteiger charge is -2.17. The second-order valence-electron chi connectivity index (χ2n) is 6.96. The van der Waals surface area contributed by atoms with Crippen molar-refractivity contribution in [3.8, 4) is 5.75 Å². The van der Waals surface area contributed by atoms with E-state index in [9.17, 15) is 14.4 Å². The SMILES string of the molecule is O=C1CCc2cc(OCCCC(=O)NC(CC3CC3)C(=O)O)ccc2N1. The van der Waals surface area contributed by atoms with Crippen molar-refractivity contribution >= 4 is 23.5 Å². The first-order valence-corrected chi connectivity index (χ1v) is 9.09. The summed E-state index contributed by atoms with van der Waals surface area (Å²) in [7, 11) is 0. The predicted octanol–water partition coefficient (Wildman–Crippen LogP) is 2.10. The standard InChI is InChI=1S/C19H24N2O5/c22-17(21-16(19(24)25)10-12-3-4-12)2-1-9-26-14-6-7-15-13(11-14)5-8-18(23)20-15/h6-7,11-12,16H,1-5,8-10H2,(H,20,23)(H,21,22)(H,24,25). The van der Waals surface area contributed by atoms with Gasteiger partial charge in [-0.05, 0) is 48.9 Å². The first-order valence-electron chi connectivity index (χ1n) is 9.09. The number of carboxylic acids is 1. The summed E-state index contributed by atoms with van der Waals surface area (Å²) in [5.41, 5.74) is 1.87. The first kappa shape index (κ1) is 18.2. The Morgan fingerprint density at radius 3 is 2.85 bits per heavy atom. The minimum absolute atomic E-state index is 0.0264. The molecule has 1 aromatic rings. The molecule has 3 rings (SSSR count). The van der Waals surface area contributed by atoms with Crippen LogP contribution in [0.25, 0.3) is 0 Å². The minimum atomic E-state index is -0.970. The van der Waals surface area contributed by atoms with Gasteiger partial charge < -0.3 is 20.5 Å². The predicted molar refractivity (Wildman–Crippen MR) is 95.0 cm³/mol. The van der Waals surface area contributed by atoms with Gasteiger partial charge in [-0.15, -0.1) is 0 Å². The monoisotopic (exact) mass is 360 g/mol. The number of nitrogens with one attached hydrogen (secondary N) is 2. The van der Waals surface area contributed by atoms with Crippen LogP contribution < -0.4 is 15.4 Å². The van der Waals surface area contributed by atoms with E-state index in [-0.39, 0.29) is 18.2 Å². The summed E-state index contributed by atoms with van der Waals surface area (Å²) in [5, 5.41) is 14.6. The van der Waals surface area contributed by atoms with Crippen molar-refractivity contribution in [3.63, 3.8) is 0 Å². The zero-order chi connectivity index (χ0) is 18.5. The van der Waals surface area contributed by atoms with E-state index >= 15 is 0 Å². The second kappa shape index (κ2) is 8.21. The molecule has 1 atom stereocenters. The lowest BCUT2D eigenvalue weighted by atomic mass is 10.0. The highest BCUT2D eigenvalue weighted by Gasteiger charge is 2.30. The zero-order valence-electron chi connectivity index (χ0n) is 14.6. The molecular weight excluding hydrogens is 336 g/mol. The van der Waals surface area contributed by atoms with Gasteiger partial charge in [-0.2, -0.15) is 0 Å². The molecule has 1 saturated carbocycles. The number of aryl methyl sites for hydroxylation is 1. The van der Waals surface area contributed by atoms with E-state index in [0.717, 1.165) is 24.1 Å². The highest BCUT2D eigenvalue weighted by atomic mass is 16.5. The maximum Gasteiger partial charge on any atom is 0.326 e. The van der Waals surface area contributed by atoms with Gasteiger partial charge in [-0.3, -0.25) is 9.59 Å². The lowest BCUT2D eigenvalue weighted by molar-refractivity contribution is -0.142. The number of rotatable bonds is 9. The molecule has 1 fully saturated rings. The van der Waals surface area contributed by atoms with E-state index in [1.54, 1.807) is 6.07 Å². The van der Waals surface area contributed by atoms with Crippen molar-refractivity contribution in [3.05, 3.63) is 23.8 Å². The van der Waals surface area contributed by atoms with Crippen LogP contribution in [0.5, 0.6) is 5.75 Å². The van der Waals surface area contributed by atoms with Gasteiger partial charge in [0.15, 0.2) is 0 Å². The summed E-state index contributed by atoms with van der Waals surface area (Å²) in [4.78, 5) is 34.5. The van der Waals surface area contributed by atoms with Gasteiger partial charge in [0.05, 0.1) is 6.61 Å². The van der Waals surface area contributed by atoms with E-state index in [1.807, 2.05) is 12.1 Å². The molecule has 1 unspecified atom stereocenters. The third-order valence-corrected chi connectivity index (χ3v) is 4.69. The van der Waals surface area contributed by atoms with Gasteiger partial charge in [-0.1, -0.05) is 12.8 Å². The molecule has 1 aromatic carbocycles. The highest BCUT2D eigenvalue weighted by Crippen LogP contribution is 2.33. The smallest absolute Gasteiger partial charge is 0.326 e. The normalized spacial score (nSPS) is 17.0. The van der Waals surface area contributed by atoms with Gasteiger partial charge in [0.2, 0.25) is 11.8 Å². The van der Waals surface area contributed by atoms with Gasteiger partial charge in [0.1, 0.15) is 11.8 Å². The molecule has 2 amide bonds. The van der Waals surface area contributed by atoms with E-state index in [1.165, 1.54) is 0 Å². The van der Waals surface area contributed by atoms with Crippen LogP contribution in [0.15, 0.2) is 18.2 Å². The average molecular weight is 360 g/mol. The molecule has 0 aromatic heterocycles. The summed E-state index contributed by atoms with van der Waals surface area (Å²) in [6, 6.07) is 4.74. The molecular formula is C19H24N2O5. The molecule has 1 heterocycles. The summed E-state index contributed by atoms with van der Waals surface area (Å²) < 4.78 is 5.67. The number of hydrogen-bond acceptors (Lipinski definition) is 4. The highest BCUT2D eigenvalue weighted by molar-refractivity contribution is 5.94.